The van der Waals surface area contributed by atoms with Gasteiger partial charge in [-0.25, -0.2) is 0 Å². The van der Waals surface area contributed by atoms with Crippen molar-refractivity contribution in [1.29, 1.82) is 0 Å². The molecule has 2 aliphatic heterocycles. The highest BCUT2D eigenvalue weighted by Gasteiger charge is 2.47. The largest absolute Gasteiger partial charge is 0.486 e. The molecule has 7 nitrogen and oxygen atoms in total. The molecule has 3 aliphatic rings. The number of carbonyl (C=O) groups is 2. The van der Waals surface area contributed by atoms with Gasteiger partial charge in [0.2, 0.25) is 0 Å². The molecule has 198 valence electrons. The van der Waals surface area contributed by atoms with E-state index in [9.17, 15) is 9.59 Å². The van der Waals surface area contributed by atoms with Crippen LogP contribution in [0, 0.1) is 5.92 Å². The zero-order chi connectivity index (χ0) is 26.1. The number of fused-ring (bicyclic) bond motifs is 1. The average Bonchev–Trinajstić information content (AvgIpc) is 3.71. The summed E-state index contributed by atoms with van der Waals surface area (Å²) in [6.07, 6.45) is 2.03. The second kappa shape index (κ2) is 10.7. The molecule has 37 heavy (non-hydrogen) atoms. The van der Waals surface area contributed by atoms with Crippen LogP contribution in [0.5, 0.6) is 11.5 Å². The molecule has 5 atom stereocenters. The van der Waals surface area contributed by atoms with Gasteiger partial charge in [-0.1, -0.05) is 38.1 Å². The molecule has 1 aliphatic carbocycles. The van der Waals surface area contributed by atoms with Gasteiger partial charge in [0.05, 0.1) is 6.10 Å². The van der Waals surface area contributed by atoms with Gasteiger partial charge in [0, 0.05) is 19.8 Å². The fraction of sp³-hybridized carbons (Fsp3) is 0.533. The number of carbonyl (C=O) groups excluding carboxylic acids is 2. The molecule has 0 radical (unpaired) electrons. The maximum Gasteiger partial charge on any atom is 0.303 e. The van der Waals surface area contributed by atoms with E-state index in [-0.39, 0.29) is 24.0 Å². The van der Waals surface area contributed by atoms with Crippen molar-refractivity contribution < 1.29 is 33.3 Å². The number of hydrogen-bond donors (Lipinski definition) is 0. The Morgan fingerprint density at radius 3 is 2.30 bits per heavy atom. The molecule has 0 bridgehead atoms. The SMILES string of the molecule is CC[C@H]1O[C@@H](c2ccc(C3CC3)c(Cc3ccc4c(c3)OCCO4)c2)[C@H](OC(C)=O)[C@@H](C)[C@@H]1OC(C)=O. The molecule has 0 N–H and O–H groups in total. The van der Waals surface area contributed by atoms with Crippen LogP contribution in [0.15, 0.2) is 36.4 Å². The van der Waals surface area contributed by atoms with Gasteiger partial charge in [-0.15, -0.1) is 0 Å². The first-order valence-electron chi connectivity index (χ1n) is 13.3. The molecule has 1 saturated heterocycles. The molecule has 0 spiro atoms. The quantitative estimate of drug-likeness (QED) is 0.471. The smallest absolute Gasteiger partial charge is 0.303 e. The highest BCUT2D eigenvalue weighted by Crippen LogP contribution is 2.45. The summed E-state index contributed by atoms with van der Waals surface area (Å²) in [5.41, 5.74) is 4.72. The Hall–Kier alpha value is -3.06. The first-order chi connectivity index (χ1) is 17.8. The van der Waals surface area contributed by atoms with Crippen molar-refractivity contribution >= 4 is 11.9 Å². The Labute approximate surface area is 218 Å². The summed E-state index contributed by atoms with van der Waals surface area (Å²) in [6.45, 7) is 7.91. The van der Waals surface area contributed by atoms with Crippen LogP contribution in [0.1, 0.15) is 81.2 Å². The van der Waals surface area contributed by atoms with Crippen LogP contribution < -0.4 is 9.47 Å². The molecule has 0 aromatic heterocycles. The van der Waals surface area contributed by atoms with Crippen LogP contribution in [0.25, 0.3) is 0 Å². The van der Waals surface area contributed by atoms with Crippen LogP contribution in [0.3, 0.4) is 0 Å². The molecular formula is C30H36O7. The third-order valence-electron chi connectivity index (χ3n) is 7.54. The zero-order valence-electron chi connectivity index (χ0n) is 22.0. The second-order valence-corrected chi connectivity index (χ2v) is 10.4. The molecule has 2 aromatic rings. The minimum absolute atomic E-state index is 0.221. The van der Waals surface area contributed by atoms with Crippen molar-refractivity contribution in [3.05, 3.63) is 58.7 Å². The van der Waals surface area contributed by atoms with E-state index in [1.54, 1.807) is 0 Å². The maximum absolute atomic E-state index is 12.1. The van der Waals surface area contributed by atoms with Crippen molar-refractivity contribution in [3.8, 4) is 11.5 Å². The summed E-state index contributed by atoms with van der Waals surface area (Å²) in [5, 5.41) is 0. The summed E-state index contributed by atoms with van der Waals surface area (Å²) in [6, 6.07) is 12.7. The van der Waals surface area contributed by atoms with Crippen LogP contribution in [-0.2, 0) is 30.2 Å². The minimum Gasteiger partial charge on any atom is -0.486 e. The topological polar surface area (TPSA) is 80.3 Å². The van der Waals surface area contributed by atoms with E-state index < -0.39 is 18.3 Å². The molecule has 5 rings (SSSR count). The van der Waals surface area contributed by atoms with E-state index in [0.29, 0.717) is 25.6 Å². The van der Waals surface area contributed by atoms with Crippen LogP contribution in [0.2, 0.25) is 0 Å². The van der Waals surface area contributed by atoms with Crippen LogP contribution in [-0.4, -0.2) is 43.5 Å². The number of benzene rings is 2. The predicted molar refractivity (Wildman–Crippen MR) is 137 cm³/mol. The van der Waals surface area contributed by atoms with E-state index in [4.69, 9.17) is 23.7 Å². The first-order valence-corrected chi connectivity index (χ1v) is 13.3. The number of hydrogen-bond acceptors (Lipinski definition) is 7. The van der Waals surface area contributed by atoms with E-state index >= 15 is 0 Å². The summed E-state index contributed by atoms with van der Waals surface area (Å²) in [4.78, 5) is 23.9. The van der Waals surface area contributed by atoms with Crippen LogP contribution in [0.4, 0.5) is 0 Å². The van der Waals surface area contributed by atoms with E-state index in [2.05, 4.69) is 30.3 Å². The monoisotopic (exact) mass is 508 g/mol. The average molecular weight is 509 g/mol. The molecule has 2 heterocycles. The lowest BCUT2D eigenvalue weighted by atomic mass is 9.82. The molecule has 2 fully saturated rings. The fourth-order valence-corrected chi connectivity index (χ4v) is 5.64. The number of rotatable bonds is 7. The fourth-order valence-electron chi connectivity index (χ4n) is 5.64. The molecule has 7 heteroatoms. The minimum atomic E-state index is -0.571. The maximum atomic E-state index is 12.1. The van der Waals surface area contributed by atoms with Gasteiger partial charge in [-0.2, -0.15) is 0 Å². The second-order valence-electron chi connectivity index (χ2n) is 10.4. The Bertz CT molecular complexity index is 1150. The molecule has 2 aromatic carbocycles. The zero-order valence-corrected chi connectivity index (χ0v) is 22.0. The summed E-state index contributed by atoms with van der Waals surface area (Å²) >= 11 is 0. The van der Waals surface area contributed by atoms with Crippen molar-refractivity contribution in [3.63, 3.8) is 0 Å². The van der Waals surface area contributed by atoms with Gasteiger partial charge in [0.25, 0.3) is 0 Å². The first kappa shape index (κ1) is 25.6. The van der Waals surface area contributed by atoms with Gasteiger partial charge in [0.1, 0.15) is 31.5 Å². The van der Waals surface area contributed by atoms with E-state index in [1.807, 2.05) is 19.9 Å². The number of esters is 2. The van der Waals surface area contributed by atoms with Crippen molar-refractivity contribution in [2.45, 2.75) is 83.7 Å². The highest BCUT2D eigenvalue weighted by molar-refractivity contribution is 5.67. The highest BCUT2D eigenvalue weighted by atomic mass is 16.6. The Morgan fingerprint density at radius 2 is 1.62 bits per heavy atom. The van der Waals surface area contributed by atoms with Crippen molar-refractivity contribution in [1.82, 2.24) is 0 Å². The lowest BCUT2D eigenvalue weighted by molar-refractivity contribution is -0.223. The summed E-state index contributed by atoms with van der Waals surface area (Å²) in [5.74, 6) is 1.18. The van der Waals surface area contributed by atoms with Crippen LogP contribution >= 0.6 is 0 Å². The van der Waals surface area contributed by atoms with Gasteiger partial charge in [-0.05, 0) is 66.0 Å². The van der Waals surface area contributed by atoms with Gasteiger partial charge < -0.3 is 23.7 Å². The third kappa shape index (κ3) is 5.61. The Balaban J connectivity index is 1.48. The van der Waals surface area contributed by atoms with Gasteiger partial charge in [0.15, 0.2) is 11.5 Å². The van der Waals surface area contributed by atoms with Gasteiger partial charge in [-0.3, -0.25) is 9.59 Å². The lowest BCUT2D eigenvalue weighted by Gasteiger charge is -2.44. The standard InChI is InChI=1S/C30H36O7/c1-5-25-28(35-18(3)31)17(2)29(36-19(4)32)30(37-25)22-9-10-24(21-7-8-21)23(16-22)14-20-6-11-26-27(15-20)34-13-12-33-26/h6,9-11,15-17,21,25,28-30H,5,7-8,12-14H2,1-4H3/t17-,25+,28-,29+,30-/m0/s1. The molecule has 0 amide bonds. The van der Waals surface area contributed by atoms with Crippen molar-refractivity contribution in [2.75, 3.05) is 13.2 Å². The lowest BCUT2D eigenvalue weighted by Crippen LogP contribution is -2.52. The molecular weight excluding hydrogens is 472 g/mol. The molecule has 1 saturated carbocycles. The number of ether oxygens (including phenoxy) is 5. The third-order valence-corrected chi connectivity index (χ3v) is 7.54. The predicted octanol–water partition coefficient (Wildman–Crippen LogP) is 5.28. The Morgan fingerprint density at radius 1 is 0.919 bits per heavy atom. The van der Waals surface area contributed by atoms with Gasteiger partial charge >= 0.3 is 11.9 Å². The van der Waals surface area contributed by atoms with E-state index in [0.717, 1.165) is 29.0 Å². The van der Waals surface area contributed by atoms with E-state index in [1.165, 1.54) is 37.8 Å². The van der Waals surface area contributed by atoms with Crippen molar-refractivity contribution in [2.24, 2.45) is 5.92 Å². The normalized spacial score (nSPS) is 26.9. The Kier molecular flexibility index (Phi) is 7.43. The summed E-state index contributed by atoms with van der Waals surface area (Å²) < 4.78 is 29.5. The summed E-state index contributed by atoms with van der Waals surface area (Å²) in [7, 11) is 0. The molecule has 0 unspecified atom stereocenters.